The second kappa shape index (κ2) is 5.82. The fraction of sp³-hybridized carbons (Fsp3) is 0.500. The van der Waals surface area contributed by atoms with Crippen molar-refractivity contribution in [1.29, 1.82) is 0 Å². The van der Waals surface area contributed by atoms with Gasteiger partial charge >= 0.3 is 102 Å². The van der Waals surface area contributed by atoms with Crippen molar-refractivity contribution in [3.8, 4) is 11.5 Å². The Balaban J connectivity index is 3.16. The van der Waals surface area contributed by atoms with Crippen molar-refractivity contribution in [2.75, 3.05) is 7.11 Å². The van der Waals surface area contributed by atoms with Crippen LogP contribution < -0.4 is 9.57 Å². The van der Waals surface area contributed by atoms with E-state index in [1.54, 1.807) is 19.2 Å². The molecule has 0 heterocycles. The maximum atomic E-state index is 10.4. The van der Waals surface area contributed by atoms with Gasteiger partial charge in [0.1, 0.15) is 0 Å². The molecule has 0 aromatic heterocycles. The number of rotatable bonds is 6. The van der Waals surface area contributed by atoms with Crippen molar-refractivity contribution >= 4 is 7.64 Å². The summed E-state index contributed by atoms with van der Waals surface area (Å²) in [7, 11) is 4.81. The average Bonchev–Trinajstić information content (AvgIpc) is 2.38. The van der Waals surface area contributed by atoms with Crippen LogP contribution in [0.1, 0.15) is 32.3 Å². The van der Waals surface area contributed by atoms with Crippen LogP contribution in [0.15, 0.2) is 23.3 Å². The molecule has 0 radical (unpaired) electrons. The first-order valence-electron chi connectivity index (χ1n) is 5.65. The van der Waals surface area contributed by atoms with E-state index in [2.05, 4.69) is 12.7 Å². The first kappa shape index (κ1) is 13.7. The molecule has 1 rings (SSSR count). The van der Waals surface area contributed by atoms with Gasteiger partial charge in [0.25, 0.3) is 0 Å². The molecule has 1 aromatic carbocycles. The average molecular weight is 235 g/mol. The summed E-state index contributed by atoms with van der Waals surface area (Å²) in [5.41, 5.74) is -0.0105. The van der Waals surface area contributed by atoms with Gasteiger partial charge in [0.2, 0.25) is 0 Å². The van der Waals surface area contributed by atoms with E-state index in [-0.39, 0.29) is 0 Å². The fourth-order valence-corrected chi connectivity index (χ4v) is 1.76. The van der Waals surface area contributed by atoms with E-state index >= 15 is 0 Å². The van der Waals surface area contributed by atoms with Gasteiger partial charge in [-0.25, -0.2) is 0 Å². The third kappa shape index (κ3) is 2.85. The van der Waals surface area contributed by atoms with Crippen LogP contribution in [-0.2, 0) is 5.60 Å². The predicted molar refractivity (Wildman–Crippen MR) is 67.7 cm³/mol. The second-order valence-electron chi connectivity index (χ2n) is 3.82. The quantitative estimate of drug-likeness (QED) is 0.606. The molecule has 0 saturated heterocycles. The monoisotopic (exact) mass is 235 g/mol. The van der Waals surface area contributed by atoms with E-state index in [0.717, 1.165) is 5.56 Å². The summed E-state index contributed by atoms with van der Waals surface area (Å²) in [6.45, 7) is 3.90. The number of nitrogens with zero attached hydrogens (tertiary/aromatic N) is 1. The topological polar surface area (TPSA) is 51.0 Å². The molecular weight excluding hydrogens is 217 g/mol. The summed E-state index contributed by atoms with van der Waals surface area (Å²) in [5, 5.41) is 13.8. The molecule has 92 valence electrons. The number of hydrogen-bond donors (Lipinski definition) is 1. The second-order valence-corrected chi connectivity index (χ2v) is 3.82. The Hall–Kier alpha value is -1.36. The molecular formula is C12H18BNO3. The Morgan fingerprint density at radius 1 is 1.29 bits per heavy atom. The Bertz CT molecular complexity index is 391. The van der Waals surface area contributed by atoms with Crippen molar-refractivity contribution in [2.45, 2.75) is 32.3 Å². The zero-order chi connectivity index (χ0) is 12.9. The Morgan fingerprint density at radius 3 is 2.41 bits per heavy atom. The van der Waals surface area contributed by atoms with Crippen molar-refractivity contribution in [1.82, 2.24) is 0 Å². The first-order chi connectivity index (χ1) is 8.11. The number of hydrogen-bond acceptors (Lipinski definition) is 4. The summed E-state index contributed by atoms with van der Waals surface area (Å²) < 4.78 is 5.20. The van der Waals surface area contributed by atoms with E-state index in [1.165, 1.54) is 0 Å². The molecule has 17 heavy (non-hydrogen) atoms. The zero-order valence-electron chi connectivity index (χ0n) is 10.6. The van der Waals surface area contributed by atoms with Crippen LogP contribution in [0.5, 0.6) is 11.5 Å². The van der Waals surface area contributed by atoms with Gasteiger partial charge in [-0.05, 0) is 0 Å². The van der Waals surface area contributed by atoms with Gasteiger partial charge in [-0.15, -0.1) is 0 Å². The molecule has 1 aromatic rings. The Kier molecular flexibility index (Phi) is 4.69. The van der Waals surface area contributed by atoms with Gasteiger partial charge in [-0.2, -0.15) is 0 Å². The van der Waals surface area contributed by atoms with Gasteiger partial charge < -0.3 is 0 Å². The third-order valence-corrected chi connectivity index (χ3v) is 3.03. The molecule has 5 heteroatoms. The number of methoxy groups -OCH3 is 1. The van der Waals surface area contributed by atoms with Gasteiger partial charge in [-0.1, -0.05) is 0 Å². The molecule has 0 amide bonds. The van der Waals surface area contributed by atoms with E-state index in [0.29, 0.717) is 24.3 Å². The van der Waals surface area contributed by atoms with Crippen LogP contribution in [-0.4, -0.2) is 19.9 Å². The minimum atomic E-state index is -0.826. The summed E-state index contributed by atoms with van der Waals surface area (Å²) in [6.07, 6.45) is 1.29. The number of aliphatic hydroxyl groups is 1. The summed E-state index contributed by atoms with van der Waals surface area (Å²) in [4.78, 5) is 4.97. The van der Waals surface area contributed by atoms with Crippen molar-refractivity contribution in [3.63, 3.8) is 0 Å². The molecule has 0 bridgehead atoms. The van der Waals surface area contributed by atoms with Crippen LogP contribution in [0.2, 0.25) is 0 Å². The predicted octanol–water partition coefficient (Wildman–Crippen LogP) is 2.08. The fourth-order valence-electron chi connectivity index (χ4n) is 1.76. The normalized spacial score (nSPS) is 11.0. The molecule has 0 saturated carbocycles. The van der Waals surface area contributed by atoms with Crippen molar-refractivity contribution in [2.24, 2.45) is 5.06 Å². The summed E-state index contributed by atoms with van der Waals surface area (Å²) >= 11 is 0. The molecule has 0 aliphatic rings. The molecule has 0 aliphatic heterocycles. The van der Waals surface area contributed by atoms with E-state index in [1.807, 2.05) is 19.9 Å². The van der Waals surface area contributed by atoms with Gasteiger partial charge in [0.05, 0.1) is 0 Å². The van der Waals surface area contributed by atoms with Crippen molar-refractivity contribution < 1.29 is 14.7 Å². The number of ether oxygens (including phenoxy) is 1. The molecule has 0 spiro atoms. The van der Waals surface area contributed by atoms with Crippen LogP contribution in [0.3, 0.4) is 0 Å². The molecule has 1 N–H and O–H groups in total. The van der Waals surface area contributed by atoms with E-state index in [4.69, 9.17) is 9.57 Å². The van der Waals surface area contributed by atoms with Gasteiger partial charge in [0, 0.05) is 0 Å². The molecule has 0 atom stereocenters. The Labute approximate surface area is 103 Å². The first-order valence-corrected chi connectivity index (χ1v) is 5.65. The molecule has 4 nitrogen and oxygen atoms in total. The zero-order valence-corrected chi connectivity index (χ0v) is 10.6. The minimum absolute atomic E-state index is 0.487. The standard InChI is InChI=1S/C12H18BNO3/c1-4-12(15,5-2)9-6-7-10(17-14-13)11(8-9)16-3/h6-8,13,15H,4-5H2,1-3H3. The Morgan fingerprint density at radius 2 is 1.94 bits per heavy atom. The van der Waals surface area contributed by atoms with Gasteiger partial charge in [-0.3, -0.25) is 0 Å². The third-order valence-electron chi connectivity index (χ3n) is 3.03. The van der Waals surface area contributed by atoms with Crippen LogP contribution in [0.25, 0.3) is 0 Å². The van der Waals surface area contributed by atoms with E-state index in [9.17, 15) is 5.11 Å². The summed E-state index contributed by atoms with van der Waals surface area (Å²) in [6, 6.07) is 5.31. The molecule has 0 unspecified atom stereocenters. The summed E-state index contributed by atoms with van der Waals surface area (Å²) in [5.74, 6) is 1.02. The van der Waals surface area contributed by atoms with Gasteiger partial charge in [0.15, 0.2) is 0 Å². The van der Waals surface area contributed by atoms with Crippen LogP contribution in [0, 0.1) is 0 Å². The molecule has 0 fully saturated rings. The van der Waals surface area contributed by atoms with Crippen LogP contribution >= 0.6 is 0 Å². The SMILES string of the molecule is B=NOc1ccc(C(O)(CC)CC)cc1OC. The van der Waals surface area contributed by atoms with Crippen LogP contribution in [0.4, 0.5) is 0 Å². The maximum absolute atomic E-state index is 10.4. The number of benzene rings is 1. The van der Waals surface area contributed by atoms with E-state index < -0.39 is 5.60 Å². The molecule has 0 aliphatic carbocycles. The van der Waals surface area contributed by atoms with Crippen molar-refractivity contribution in [3.05, 3.63) is 23.8 Å².